The van der Waals surface area contributed by atoms with E-state index >= 15 is 0 Å². The Kier molecular flexibility index (Phi) is 11.2. The quantitative estimate of drug-likeness (QED) is 0.230. The van der Waals surface area contributed by atoms with Crippen LogP contribution < -0.4 is 15.4 Å². The normalized spacial score (nSPS) is 13.5. The van der Waals surface area contributed by atoms with E-state index in [0.29, 0.717) is 12.5 Å². The molecule has 0 unspecified atom stereocenters. The van der Waals surface area contributed by atoms with Crippen LogP contribution in [-0.4, -0.2) is 50.6 Å². The number of halogens is 1. The van der Waals surface area contributed by atoms with Crippen LogP contribution in [0, 0.1) is 5.92 Å². The molecule has 1 fully saturated rings. The predicted octanol–water partition coefficient (Wildman–Crippen LogP) is 3.02. The zero-order valence-corrected chi connectivity index (χ0v) is 19.0. The molecule has 152 valence electrons. The van der Waals surface area contributed by atoms with Gasteiger partial charge < -0.3 is 20.3 Å². The van der Waals surface area contributed by atoms with E-state index in [1.54, 1.807) is 19.0 Å². The molecule has 1 aliphatic carbocycles. The van der Waals surface area contributed by atoms with Gasteiger partial charge >= 0.3 is 0 Å². The van der Waals surface area contributed by atoms with E-state index in [1.165, 1.54) is 12.8 Å². The smallest absolute Gasteiger partial charge is 0.241 e. The summed E-state index contributed by atoms with van der Waals surface area (Å²) in [6.45, 7) is 4.51. The summed E-state index contributed by atoms with van der Waals surface area (Å²) in [5, 5.41) is 6.41. The van der Waals surface area contributed by atoms with E-state index < -0.39 is 0 Å². The summed E-state index contributed by atoms with van der Waals surface area (Å²) in [6.07, 6.45) is 4.71. The Morgan fingerprint density at radius 3 is 2.67 bits per heavy atom. The summed E-state index contributed by atoms with van der Waals surface area (Å²) in [4.78, 5) is 18.0. The van der Waals surface area contributed by atoms with Gasteiger partial charge in [-0.3, -0.25) is 4.79 Å². The monoisotopic (exact) mass is 488 g/mol. The summed E-state index contributed by atoms with van der Waals surface area (Å²) in [5.41, 5.74) is 1.06. The third-order valence-electron chi connectivity index (χ3n) is 4.28. The lowest BCUT2D eigenvalue weighted by Crippen LogP contribution is -2.43. The van der Waals surface area contributed by atoms with E-state index in [9.17, 15) is 4.79 Å². The van der Waals surface area contributed by atoms with Gasteiger partial charge in [0.2, 0.25) is 5.91 Å². The fourth-order valence-electron chi connectivity index (χ4n) is 2.31. The number of carbonyl (C=O) groups is 1. The van der Waals surface area contributed by atoms with Crippen molar-refractivity contribution in [1.29, 1.82) is 0 Å². The summed E-state index contributed by atoms with van der Waals surface area (Å²) in [7, 11) is 3.50. The van der Waals surface area contributed by atoms with Crippen LogP contribution >= 0.6 is 24.0 Å². The number of benzene rings is 1. The van der Waals surface area contributed by atoms with Crippen LogP contribution in [0.2, 0.25) is 0 Å². The van der Waals surface area contributed by atoms with Gasteiger partial charge in [-0.2, -0.15) is 0 Å². The Bertz CT molecular complexity index is 603. The van der Waals surface area contributed by atoms with Crippen molar-refractivity contribution < 1.29 is 9.53 Å². The van der Waals surface area contributed by atoms with Crippen molar-refractivity contribution in [3.05, 3.63) is 29.8 Å². The topological polar surface area (TPSA) is 66.0 Å². The number of ether oxygens (including phenoxy) is 1. The number of likely N-dealkylation sites (N-methyl/N-ethyl adjacent to an activating group) is 1. The standard InChI is InChI=1S/C20H32N4O2.HI/c1-4-5-12-21-20(23-14-19(25)24(2)3)22-13-17-8-6-7-9-18(17)26-15-16-10-11-16;/h6-9,16H,4-5,10-15H2,1-3H3,(H2,21,22,23);1H. The number of nitrogens with zero attached hydrogens (tertiary/aromatic N) is 2. The maximum atomic E-state index is 11.8. The van der Waals surface area contributed by atoms with Gasteiger partial charge in [0.15, 0.2) is 5.96 Å². The summed E-state index contributed by atoms with van der Waals surface area (Å²) >= 11 is 0. The van der Waals surface area contributed by atoms with Gasteiger partial charge in [-0.05, 0) is 31.2 Å². The van der Waals surface area contributed by atoms with Crippen molar-refractivity contribution in [1.82, 2.24) is 15.5 Å². The molecule has 0 spiro atoms. The molecule has 7 heteroatoms. The Balaban J connectivity index is 0.00000364. The minimum absolute atomic E-state index is 0. The molecule has 0 aliphatic heterocycles. The number of guanidine groups is 1. The number of hydrogen-bond acceptors (Lipinski definition) is 3. The third-order valence-corrected chi connectivity index (χ3v) is 4.28. The minimum atomic E-state index is 0. The number of rotatable bonds is 10. The SMILES string of the molecule is CCCCNC(=NCc1ccccc1OCC1CC1)NCC(=O)N(C)C.I. The molecule has 0 atom stereocenters. The number of unbranched alkanes of at least 4 members (excludes halogenated alkanes) is 1. The lowest BCUT2D eigenvalue weighted by atomic mass is 10.2. The molecule has 1 aromatic carbocycles. The number of para-hydroxylation sites is 1. The highest BCUT2D eigenvalue weighted by atomic mass is 127. The van der Waals surface area contributed by atoms with Gasteiger partial charge in [-0.25, -0.2) is 4.99 Å². The average Bonchev–Trinajstić information content (AvgIpc) is 3.46. The highest BCUT2D eigenvalue weighted by Gasteiger charge is 2.22. The summed E-state index contributed by atoms with van der Waals surface area (Å²) in [5.74, 6) is 2.30. The maximum absolute atomic E-state index is 11.8. The number of hydrogen-bond donors (Lipinski definition) is 2. The minimum Gasteiger partial charge on any atom is -0.493 e. The van der Waals surface area contributed by atoms with Gasteiger partial charge in [0.25, 0.3) is 0 Å². The Morgan fingerprint density at radius 1 is 1.26 bits per heavy atom. The number of carbonyl (C=O) groups excluding carboxylic acids is 1. The number of amides is 1. The van der Waals surface area contributed by atoms with Gasteiger partial charge in [-0.1, -0.05) is 31.5 Å². The van der Waals surface area contributed by atoms with Crippen LogP contribution in [0.5, 0.6) is 5.75 Å². The molecule has 1 aliphatic rings. The van der Waals surface area contributed by atoms with Crippen LogP contribution in [0.25, 0.3) is 0 Å². The molecule has 1 amide bonds. The zero-order chi connectivity index (χ0) is 18.8. The van der Waals surface area contributed by atoms with Crippen LogP contribution in [0.15, 0.2) is 29.3 Å². The molecule has 0 heterocycles. The fraction of sp³-hybridized carbons (Fsp3) is 0.600. The van der Waals surface area contributed by atoms with Gasteiger partial charge in [0.05, 0.1) is 19.7 Å². The lowest BCUT2D eigenvalue weighted by Gasteiger charge is -2.15. The number of aliphatic imine (C=N–C) groups is 1. The van der Waals surface area contributed by atoms with Gasteiger partial charge in [-0.15, -0.1) is 24.0 Å². The first-order chi connectivity index (χ1) is 12.6. The van der Waals surface area contributed by atoms with E-state index in [-0.39, 0.29) is 36.4 Å². The summed E-state index contributed by atoms with van der Waals surface area (Å²) < 4.78 is 5.95. The highest BCUT2D eigenvalue weighted by molar-refractivity contribution is 14.0. The first-order valence-electron chi connectivity index (χ1n) is 9.53. The van der Waals surface area contributed by atoms with E-state index in [4.69, 9.17) is 4.74 Å². The average molecular weight is 488 g/mol. The van der Waals surface area contributed by atoms with Crippen molar-refractivity contribution in [2.45, 2.75) is 39.2 Å². The molecule has 0 aromatic heterocycles. The third kappa shape index (κ3) is 9.30. The van der Waals surface area contributed by atoms with Gasteiger partial charge in [0.1, 0.15) is 5.75 Å². The van der Waals surface area contributed by atoms with Gasteiger partial charge in [0, 0.05) is 26.2 Å². The molecule has 1 saturated carbocycles. The van der Waals surface area contributed by atoms with Crippen LogP contribution in [0.1, 0.15) is 38.2 Å². The largest absolute Gasteiger partial charge is 0.493 e. The van der Waals surface area contributed by atoms with Crippen molar-refractivity contribution in [2.24, 2.45) is 10.9 Å². The Hall–Kier alpha value is -1.51. The van der Waals surface area contributed by atoms with Crippen LogP contribution in [0.3, 0.4) is 0 Å². The van der Waals surface area contributed by atoms with E-state index in [1.807, 2.05) is 24.3 Å². The Morgan fingerprint density at radius 2 is 2.00 bits per heavy atom. The second-order valence-corrected chi connectivity index (χ2v) is 6.95. The van der Waals surface area contributed by atoms with Crippen molar-refractivity contribution >= 4 is 35.8 Å². The molecule has 0 saturated heterocycles. The molecule has 6 nitrogen and oxygen atoms in total. The Labute approximate surface area is 180 Å². The zero-order valence-electron chi connectivity index (χ0n) is 16.7. The highest BCUT2D eigenvalue weighted by Crippen LogP contribution is 2.30. The molecular weight excluding hydrogens is 455 g/mol. The number of nitrogens with one attached hydrogen (secondary N) is 2. The van der Waals surface area contributed by atoms with Crippen LogP contribution in [0.4, 0.5) is 0 Å². The first kappa shape index (κ1) is 23.5. The molecule has 0 radical (unpaired) electrons. The van der Waals surface area contributed by atoms with E-state index in [0.717, 1.165) is 43.2 Å². The predicted molar refractivity (Wildman–Crippen MR) is 121 cm³/mol. The van der Waals surface area contributed by atoms with Crippen molar-refractivity contribution in [3.63, 3.8) is 0 Å². The molecule has 1 aromatic rings. The fourth-order valence-corrected chi connectivity index (χ4v) is 2.31. The molecule has 27 heavy (non-hydrogen) atoms. The molecule has 2 rings (SSSR count). The first-order valence-corrected chi connectivity index (χ1v) is 9.53. The van der Waals surface area contributed by atoms with E-state index in [2.05, 4.69) is 22.5 Å². The van der Waals surface area contributed by atoms with Crippen LogP contribution in [-0.2, 0) is 11.3 Å². The summed E-state index contributed by atoms with van der Waals surface area (Å²) in [6, 6.07) is 8.03. The van der Waals surface area contributed by atoms with Crippen molar-refractivity contribution in [2.75, 3.05) is 33.8 Å². The lowest BCUT2D eigenvalue weighted by molar-refractivity contribution is -0.127. The second-order valence-electron chi connectivity index (χ2n) is 6.95. The maximum Gasteiger partial charge on any atom is 0.241 e. The second kappa shape index (κ2) is 12.8. The van der Waals surface area contributed by atoms with Crippen molar-refractivity contribution in [3.8, 4) is 5.75 Å². The molecule has 2 N–H and O–H groups in total. The molecular formula is C20H33IN4O2. The molecule has 0 bridgehead atoms.